The minimum atomic E-state index is 0.107. The van der Waals surface area contributed by atoms with Gasteiger partial charge in [0, 0.05) is 24.7 Å². The van der Waals surface area contributed by atoms with Crippen LogP contribution < -0.4 is 10.6 Å². The molecule has 3 heteroatoms. The van der Waals surface area contributed by atoms with Crippen LogP contribution in [0.1, 0.15) is 40.0 Å². The Morgan fingerprint density at radius 2 is 2.20 bits per heavy atom. The van der Waals surface area contributed by atoms with Gasteiger partial charge in [0.2, 0.25) is 5.91 Å². The number of hydrogen-bond acceptors (Lipinski definition) is 2. The second-order valence-corrected chi connectivity index (χ2v) is 4.35. The Morgan fingerprint density at radius 3 is 2.67 bits per heavy atom. The van der Waals surface area contributed by atoms with Crippen molar-refractivity contribution < 1.29 is 4.79 Å². The number of carbonyl (C=O) groups excluding carboxylic acids is 1. The zero-order valence-electron chi connectivity index (χ0n) is 10.0. The predicted octanol–water partition coefficient (Wildman–Crippen LogP) is 1.60. The van der Waals surface area contributed by atoms with Gasteiger partial charge < -0.3 is 10.6 Å². The van der Waals surface area contributed by atoms with Gasteiger partial charge in [-0.1, -0.05) is 19.8 Å². The van der Waals surface area contributed by atoms with E-state index in [1.54, 1.807) is 0 Å². The highest BCUT2D eigenvalue weighted by molar-refractivity contribution is 5.94. The van der Waals surface area contributed by atoms with E-state index in [2.05, 4.69) is 24.5 Å². The maximum absolute atomic E-state index is 11.8. The molecular formula is C12H22N2O. The molecule has 0 aromatic rings. The summed E-state index contributed by atoms with van der Waals surface area (Å²) in [5.41, 5.74) is 2.15. The number of unbranched alkanes of at least 4 members (excludes halogenated alkanes) is 1. The van der Waals surface area contributed by atoms with Gasteiger partial charge in [-0.05, 0) is 25.8 Å². The summed E-state index contributed by atoms with van der Waals surface area (Å²) in [5.74, 6) is 0.107. The smallest absolute Gasteiger partial charge is 0.247 e. The van der Waals surface area contributed by atoms with E-state index in [4.69, 9.17) is 0 Å². The second-order valence-electron chi connectivity index (χ2n) is 4.35. The van der Waals surface area contributed by atoms with Crippen LogP contribution >= 0.6 is 0 Å². The molecule has 1 amide bonds. The van der Waals surface area contributed by atoms with E-state index in [0.29, 0.717) is 6.04 Å². The molecule has 1 heterocycles. The lowest BCUT2D eigenvalue weighted by molar-refractivity contribution is -0.118. The summed E-state index contributed by atoms with van der Waals surface area (Å²) in [6, 6.07) is 0.293. The number of nitrogens with one attached hydrogen (secondary N) is 2. The average molecular weight is 210 g/mol. The van der Waals surface area contributed by atoms with E-state index >= 15 is 0 Å². The summed E-state index contributed by atoms with van der Waals surface area (Å²) in [5, 5.41) is 6.19. The van der Waals surface area contributed by atoms with Gasteiger partial charge in [-0.15, -0.1) is 0 Å². The Morgan fingerprint density at radius 1 is 1.53 bits per heavy atom. The SMILES string of the molecule is CCCCC(C)NC(=O)C(C)=C1CNC1. The molecule has 1 unspecified atom stereocenters. The molecule has 1 aliphatic heterocycles. The molecule has 2 N–H and O–H groups in total. The highest BCUT2D eigenvalue weighted by atomic mass is 16.1. The number of hydrogen-bond donors (Lipinski definition) is 2. The van der Waals surface area contributed by atoms with Crippen LogP contribution in [-0.4, -0.2) is 25.0 Å². The summed E-state index contributed by atoms with van der Waals surface area (Å²) in [4.78, 5) is 11.8. The minimum Gasteiger partial charge on any atom is -0.350 e. The Balaban J connectivity index is 2.34. The van der Waals surface area contributed by atoms with E-state index in [9.17, 15) is 4.79 Å². The average Bonchev–Trinajstić information content (AvgIpc) is 2.11. The van der Waals surface area contributed by atoms with E-state index in [0.717, 1.165) is 25.1 Å². The first kappa shape index (κ1) is 12.2. The maximum atomic E-state index is 11.8. The van der Waals surface area contributed by atoms with Crippen LogP contribution in [0.2, 0.25) is 0 Å². The Labute approximate surface area is 92.3 Å². The van der Waals surface area contributed by atoms with Gasteiger partial charge >= 0.3 is 0 Å². The van der Waals surface area contributed by atoms with Gasteiger partial charge in [-0.2, -0.15) is 0 Å². The first-order valence-corrected chi connectivity index (χ1v) is 5.85. The lowest BCUT2D eigenvalue weighted by atomic mass is 10.0. The van der Waals surface area contributed by atoms with Gasteiger partial charge in [0.15, 0.2) is 0 Å². The fourth-order valence-corrected chi connectivity index (χ4v) is 1.59. The zero-order valence-corrected chi connectivity index (χ0v) is 10.0. The van der Waals surface area contributed by atoms with Gasteiger partial charge in [-0.3, -0.25) is 4.79 Å². The van der Waals surface area contributed by atoms with Crippen molar-refractivity contribution in [3.8, 4) is 0 Å². The zero-order chi connectivity index (χ0) is 11.3. The largest absolute Gasteiger partial charge is 0.350 e. The van der Waals surface area contributed by atoms with Crippen molar-refractivity contribution in [2.45, 2.75) is 46.1 Å². The molecule has 15 heavy (non-hydrogen) atoms. The quantitative estimate of drug-likeness (QED) is 0.677. The molecule has 0 bridgehead atoms. The predicted molar refractivity (Wildman–Crippen MR) is 62.7 cm³/mol. The van der Waals surface area contributed by atoms with Crippen LogP contribution in [0.25, 0.3) is 0 Å². The maximum Gasteiger partial charge on any atom is 0.247 e. The molecule has 0 radical (unpaired) electrons. The Hall–Kier alpha value is -0.830. The molecule has 1 aliphatic rings. The van der Waals surface area contributed by atoms with Crippen LogP contribution in [0, 0.1) is 0 Å². The van der Waals surface area contributed by atoms with Crippen molar-refractivity contribution in [3.05, 3.63) is 11.1 Å². The lowest BCUT2D eigenvalue weighted by Crippen LogP contribution is -2.39. The molecule has 3 nitrogen and oxygen atoms in total. The Bertz CT molecular complexity index is 252. The van der Waals surface area contributed by atoms with E-state index in [1.165, 1.54) is 18.4 Å². The molecule has 1 saturated heterocycles. The molecule has 1 rings (SSSR count). The molecular weight excluding hydrogens is 188 g/mol. The number of carbonyl (C=O) groups is 1. The normalized spacial score (nSPS) is 16.9. The second kappa shape index (κ2) is 5.91. The summed E-state index contributed by atoms with van der Waals surface area (Å²) < 4.78 is 0. The lowest BCUT2D eigenvalue weighted by Gasteiger charge is -2.22. The molecule has 0 aromatic heterocycles. The van der Waals surface area contributed by atoms with Gasteiger partial charge in [-0.25, -0.2) is 0 Å². The third-order valence-electron chi connectivity index (χ3n) is 2.92. The third-order valence-corrected chi connectivity index (χ3v) is 2.92. The molecule has 86 valence electrons. The van der Waals surface area contributed by atoms with Crippen molar-refractivity contribution in [1.82, 2.24) is 10.6 Å². The number of amides is 1. The molecule has 0 spiro atoms. The van der Waals surface area contributed by atoms with Crippen molar-refractivity contribution in [2.75, 3.05) is 13.1 Å². The summed E-state index contributed by atoms with van der Waals surface area (Å²) in [7, 11) is 0. The molecule has 0 saturated carbocycles. The summed E-state index contributed by atoms with van der Waals surface area (Å²) in [6.07, 6.45) is 3.44. The molecule has 0 aromatic carbocycles. The van der Waals surface area contributed by atoms with Crippen molar-refractivity contribution in [1.29, 1.82) is 0 Å². The van der Waals surface area contributed by atoms with Crippen LogP contribution in [0.3, 0.4) is 0 Å². The van der Waals surface area contributed by atoms with Gasteiger partial charge in [0.05, 0.1) is 0 Å². The molecule has 1 fully saturated rings. The topological polar surface area (TPSA) is 41.1 Å². The van der Waals surface area contributed by atoms with Gasteiger partial charge in [0.25, 0.3) is 0 Å². The van der Waals surface area contributed by atoms with Crippen molar-refractivity contribution in [3.63, 3.8) is 0 Å². The fraction of sp³-hybridized carbons (Fsp3) is 0.750. The van der Waals surface area contributed by atoms with Crippen LogP contribution in [0.5, 0.6) is 0 Å². The summed E-state index contributed by atoms with van der Waals surface area (Å²) >= 11 is 0. The van der Waals surface area contributed by atoms with Crippen molar-refractivity contribution in [2.24, 2.45) is 0 Å². The third kappa shape index (κ3) is 3.67. The van der Waals surface area contributed by atoms with Crippen LogP contribution in [-0.2, 0) is 4.79 Å². The standard InChI is InChI=1S/C12H22N2O/c1-4-5-6-9(2)14-12(15)10(3)11-7-13-8-11/h9,13H,4-8H2,1-3H3,(H,14,15). The molecule has 1 atom stereocenters. The van der Waals surface area contributed by atoms with E-state index < -0.39 is 0 Å². The first-order valence-electron chi connectivity index (χ1n) is 5.85. The summed E-state index contributed by atoms with van der Waals surface area (Å²) in [6.45, 7) is 7.91. The Kier molecular flexibility index (Phi) is 4.82. The van der Waals surface area contributed by atoms with Gasteiger partial charge in [0.1, 0.15) is 0 Å². The first-order chi connectivity index (χ1) is 7.15. The highest BCUT2D eigenvalue weighted by Crippen LogP contribution is 2.09. The monoisotopic (exact) mass is 210 g/mol. The van der Waals surface area contributed by atoms with E-state index in [-0.39, 0.29) is 5.91 Å². The highest BCUT2D eigenvalue weighted by Gasteiger charge is 2.16. The van der Waals surface area contributed by atoms with Crippen molar-refractivity contribution >= 4 is 5.91 Å². The van der Waals surface area contributed by atoms with E-state index in [1.807, 2.05) is 6.92 Å². The fourth-order valence-electron chi connectivity index (χ4n) is 1.59. The van der Waals surface area contributed by atoms with Crippen LogP contribution in [0.15, 0.2) is 11.1 Å². The minimum absolute atomic E-state index is 0.107. The van der Waals surface area contributed by atoms with Crippen LogP contribution in [0.4, 0.5) is 0 Å². The number of rotatable bonds is 5. The molecule has 0 aliphatic carbocycles.